The van der Waals surface area contributed by atoms with Gasteiger partial charge in [-0.3, -0.25) is 0 Å². The Labute approximate surface area is 108 Å². The summed E-state index contributed by atoms with van der Waals surface area (Å²) in [5.41, 5.74) is -0.0137. The highest BCUT2D eigenvalue weighted by Crippen LogP contribution is 2.27. The lowest BCUT2D eigenvalue weighted by atomic mass is 9.85. The molecule has 0 aromatic rings. The lowest BCUT2D eigenvalue weighted by Crippen LogP contribution is -2.38. The van der Waals surface area contributed by atoms with Gasteiger partial charge in [0.25, 0.3) is 0 Å². The maximum absolute atomic E-state index is 5.92. The van der Waals surface area contributed by atoms with E-state index in [4.69, 9.17) is 4.74 Å². The monoisotopic (exact) mass is 241 g/mol. The fourth-order valence-corrected chi connectivity index (χ4v) is 2.67. The van der Waals surface area contributed by atoms with Crippen LogP contribution in [0.1, 0.15) is 66.2 Å². The average Bonchev–Trinajstić information content (AvgIpc) is 2.27. The number of nitrogens with one attached hydrogen (secondary N) is 1. The van der Waals surface area contributed by atoms with E-state index in [1.165, 1.54) is 38.5 Å². The van der Waals surface area contributed by atoms with Gasteiger partial charge in [-0.1, -0.05) is 39.0 Å². The van der Waals surface area contributed by atoms with Crippen molar-refractivity contribution >= 4 is 0 Å². The Morgan fingerprint density at radius 2 is 1.82 bits per heavy atom. The average molecular weight is 241 g/mol. The molecule has 1 fully saturated rings. The van der Waals surface area contributed by atoms with Gasteiger partial charge in [-0.05, 0) is 39.7 Å². The zero-order valence-electron chi connectivity index (χ0n) is 12.2. The lowest BCUT2D eigenvalue weighted by Gasteiger charge is -2.29. The van der Waals surface area contributed by atoms with Crippen molar-refractivity contribution in [1.29, 1.82) is 0 Å². The molecule has 2 heteroatoms. The summed E-state index contributed by atoms with van der Waals surface area (Å²) in [5, 5.41) is 3.58. The van der Waals surface area contributed by atoms with Crippen molar-refractivity contribution in [3.63, 3.8) is 0 Å². The van der Waals surface area contributed by atoms with E-state index in [0.717, 1.165) is 19.1 Å². The molecule has 0 spiro atoms. The van der Waals surface area contributed by atoms with Crippen LogP contribution in [0.15, 0.2) is 0 Å². The van der Waals surface area contributed by atoms with Gasteiger partial charge in [0.1, 0.15) is 0 Å². The van der Waals surface area contributed by atoms with Crippen LogP contribution in [0.5, 0.6) is 0 Å². The molecule has 1 unspecified atom stereocenters. The van der Waals surface area contributed by atoms with Gasteiger partial charge in [-0.2, -0.15) is 0 Å². The Balaban J connectivity index is 2.31. The molecule has 1 aliphatic rings. The van der Waals surface area contributed by atoms with Crippen LogP contribution in [0.2, 0.25) is 0 Å². The van der Waals surface area contributed by atoms with Crippen LogP contribution in [-0.4, -0.2) is 24.8 Å². The third-order valence-corrected chi connectivity index (χ3v) is 3.55. The zero-order chi connectivity index (χ0) is 12.7. The van der Waals surface area contributed by atoms with E-state index in [-0.39, 0.29) is 5.60 Å². The van der Waals surface area contributed by atoms with E-state index >= 15 is 0 Å². The van der Waals surface area contributed by atoms with Crippen LogP contribution in [0.4, 0.5) is 0 Å². The fraction of sp³-hybridized carbons (Fsp3) is 1.00. The van der Waals surface area contributed by atoms with Crippen LogP contribution < -0.4 is 5.32 Å². The summed E-state index contributed by atoms with van der Waals surface area (Å²) < 4.78 is 5.92. The van der Waals surface area contributed by atoms with Crippen LogP contribution in [0.3, 0.4) is 0 Å². The Morgan fingerprint density at radius 1 is 1.18 bits per heavy atom. The maximum Gasteiger partial charge on any atom is 0.0626 e. The molecular weight excluding hydrogens is 210 g/mol. The summed E-state index contributed by atoms with van der Waals surface area (Å²) in [5.74, 6) is 0.927. The van der Waals surface area contributed by atoms with Crippen molar-refractivity contribution in [3.05, 3.63) is 0 Å². The summed E-state index contributed by atoms with van der Waals surface area (Å²) in [6, 6.07) is 0.544. The van der Waals surface area contributed by atoms with Gasteiger partial charge in [0, 0.05) is 6.04 Å². The first-order chi connectivity index (χ1) is 8.01. The van der Waals surface area contributed by atoms with E-state index in [9.17, 15) is 0 Å². The standard InChI is InChI=1S/C15H31NO/c1-5-16-14(12-17-15(2,3)4)11-13-9-7-6-8-10-13/h13-14,16H,5-12H2,1-4H3. The largest absolute Gasteiger partial charge is 0.374 e. The van der Waals surface area contributed by atoms with Gasteiger partial charge >= 0.3 is 0 Å². The molecule has 17 heavy (non-hydrogen) atoms. The molecule has 1 saturated carbocycles. The third kappa shape index (κ3) is 7.05. The van der Waals surface area contributed by atoms with Crippen molar-refractivity contribution in [1.82, 2.24) is 5.32 Å². The fourth-order valence-electron chi connectivity index (χ4n) is 2.67. The molecule has 2 nitrogen and oxygen atoms in total. The van der Waals surface area contributed by atoms with Crippen LogP contribution >= 0.6 is 0 Å². The Hall–Kier alpha value is -0.0800. The molecule has 0 amide bonds. The van der Waals surface area contributed by atoms with Gasteiger partial charge in [-0.15, -0.1) is 0 Å². The molecule has 1 rings (SSSR count). The van der Waals surface area contributed by atoms with E-state index in [0.29, 0.717) is 6.04 Å². The number of rotatable bonds is 6. The molecule has 0 aromatic heterocycles. The second-order valence-electron chi connectivity index (χ2n) is 6.42. The van der Waals surface area contributed by atoms with E-state index in [2.05, 4.69) is 33.0 Å². The molecule has 1 aliphatic carbocycles. The molecule has 0 heterocycles. The van der Waals surface area contributed by atoms with Gasteiger partial charge in [-0.25, -0.2) is 0 Å². The predicted molar refractivity (Wildman–Crippen MR) is 74.4 cm³/mol. The highest BCUT2D eigenvalue weighted by atomic mass is 16.5. The Bertz CT molecular complexity index is 192. The predicted octanol–water partition coefficient (Wildman–Crippen LogP) is 3.75. The summed E-state index contributed by atoms with van der Waals surface area (Å²) in [7, 11) is 0. The van der Waals surface area contributed by atoms with Crippen molar-refractivity contribution in [2.24, 2.45) is 5.92 Å². The molecule has 1 atom stereocenters. The van der Waals surface area contributed by atoms with Crippen molar-refractivity contribution in [2.45, 2.75) is 77.9 Å². The van der Waals surface area contributed by atoms with Crippen LogP contribution in [0.25, 0.3) is 0 Å². The quantitative estimate of drug-likeness (QED) is 0.764. The minimum absolute atomic E-state index is 0.0137. The van der Waals surface area contributed by atoms with Gasteiger partial charge in [0.15, 0.2) is 0 Å². The minimum Gasteiger partial charge on any atom is -0.374 e. The normalized spacial score (nSPS) is 20.5. The van der Waals surface area contributed by atoms with Gasteiger partial charge in [0.2, 0.25) is 0 Å². The summed E-state index contributed by atoms with van der Waals surface area (Å²) in [6.45, 7) is 10.5. The first-order valence-electron chi connectivity index (χ1n) is 7.38. The highest BCUT2D eigenvalue weighted by molar-refractivity contribution is 4.75. The molecule has 0 aromatic carbocycles. The van der Waals surface area contributed by atoms with Crippen LogP contribution in [0, 0.1) is 5.92 Å². The number of hydrogen-bond donors (Lipinski definition) is 1. The Morgan fingerprint density at radius 3 is 2.35 bits per heavy atom. The lowest BCUT2D eigenvalue weighted by molar-refractivity contribution is -0.0177. The van der Waals surface area contributed by atoms with E-state index in [1.807, 2.05) is 0 Å². The molecule has 0 radical (unpaired) electrons. The smallest absolute Gasteiger partial charge is 0.0626 e. The Kier molecular flexibility index (Phi) is 6.50. The minimum atomic E-state index is -0.0137. The van der Waals surface area contributed by atoms with E-state index < -0.39 is 0 Å². The van der Waals surface area contributed by atoms with Gasteiger partial charge < -0.3 is 10.1 Å². The molecule has 0 aliphatic heterocycles. The number of likely N-dealkylation sites (N-methyl/N-ethyl adjacent to an activating group) is 1. The summed E-state index contributed by atoms with van der Waals surface area (Å²) >= 11 is 0. The molecule has 1 N–H and O–H groups in total. The van der Waals surface area contributed by atoms with Crippen molar-refractivity contribution in [3.8, 4) is 0 Å². The molecular formula is C15H31NO. The van der Waals surface area contributed by atoms with Gasteiger partial charge in [0.05, 0.1) is 12.2 Å². The summed E-state index contributed by atoms with van der Waals surface area (Å²) in [4.78, 5) is 0. The second kappa shape index (κ2) is 7.38. The first-order valence-corrected chi connectivity index (χ1v) is 7.38. The second-order valence-corrected chi connectivity index (χ2v) is 6.42. The molecule has 102 valence electrons. The van der Waals surface area contributed by atoms with Crippen molar-refractivity contribution in [2.75, 3.05) is 13.2 Å². The number of hydrogen-bond acceptors (Lipinski definition) is 2. The SMILES string of the molecule is CCNC(COC(C)(C)C)CC1CCCCC1. The molecule has 0 saturated heterocycles. The van der Waals surface area contributed by atoms with Crippen molar-refractivity contribution < 1.29 is 4.74 Å². The first kappa shape index (κ1) is 15.0. The van der Waals surface area contributed by atoms with E-state index in [1.54, 1.807) is 0 Å². The highest BCUT2D eigenvalue weighted by Gasteiger charge is 2.20. The summed E-state index contributed by atoms with van der Waals surface area (Å²) in [6.07, 6.45) is 8.47. The number of ether oxygens (including phenoxy) is 1. The third-order valence-electron chi connectivity index (χ3n) is 3.55. The maximum atomic E-state index is 5.92. The topological polar surface area (TPSA) is 21.3 Å². The molecule has 0 bridgehead atoms. The zero-order valence-corrected chi connectivity index (χ0v) is 12.2. The van der Waals surface area contributed by atoms with Crippen LogP contribution in [-0.2, 0) is 4.74 Å².